The average Bonchev–Trinajstić information content (AvgIpc) is 2.38. The quantitative estimate of drug-likeness (QED) is 0.461. The fourth-order valence-electron chi connectivity index (χ4n) is 1.80. The van der Waals surface area contributed by atoms with Gasteiger partial charge in [-0.15, -0.1) is 0 Å². The van der Waals surface area contributed by atoms with Gasteiger partial charge in [-0.25, -0.2) is 4.79 Å². The van der Waals surface area contributed by atoms with E-state index in [-0.39, 0.29) is 10.2 Å². The topological polar surface area (TPSA) is 84.8 Å². The maximum Gasteiger partial charge on any atom is 0.418 e. The van der Waals surface area contributed by atoms with Crippen LogP contribution < -0.4 is 5.32 Å². The van der Waals surface area contributed by atoms with E-state index < -0.39 is 40.7 Å². The zero-order chi connectivity index (χ0) is 16.7. The Balaban J connectivity index is 2.77. The third kappa shape index (κ3) is 2.86. The van der Waals surface area contributed by atoms with E-state index in [0.29, 0.717) is 0 Å². The Morgan fingerprint density at radius 2 is 1.95 bits per heavy atom. The van der Waals surface area contributed by atoms with E-state index in [1.165, 1.54) is 6.07 Å². The van der Waals surface area contributed by atoms with E-state index in [0.717, 1.165) is 13.0 Å². The zero-order valence-corrected chi connectivity index (χ0v) is 12.3. The molecule has 1 aliphatic rings. The number of amides is 1. The molecule has 2 rings (SSSR count). The van der Waals surface area contributed by atoms with Crippen molar-refractivity contribution >= 4 is 45.0 Å². The van der Waals surface area contributed by atoms with Crippen LogP contribution in [0.4, 0.5) is 18.9 Å². The van der Waals surface area contributed by atoms with E-state index in [1.807, 2.05) is 5.32 Å². The highest BCUT2D eigenvalue weighted by molar-refractivity contribution is 9.10. The van der Waals surface area contributed by atoms with Gasteiger partial charge >= 0.3 is 12.1 Å². The third-order valence-electron chi connectivity index (χ3n) is 2.61. The largest absolute Gasteiger partial charge is 0.418 e. The van der Waals surface area contributed by atoms with E-state index in [9.17, 15) is 27.6 Å². The highest BCUT2D eigenvalue weighted by Crippen LogP contribution is 2.41. The fraction of sp³-hybridized carbons (Fsp3) is 0.167. The van der Waals surface area contributed by atoms with E-state index >= 15 is 0 Å². The average molecular weight is 379 g/mol. The SMILES string of the molecule is CC(=O)ON=C1C(=O)C(=O)Nc2ccc(Br)c(C(F)(F)F)c21. The molecule has 10 heteroatoms. The van der Waals surface area contributed by atoms with Crippen molar-refractivity contribution in [3.05, 3.63) is 27.7 Å². The Hall–Kier alpha value is -2.23. The molecular formula is C12H6BrF3N2O4. The molecule has 0 aliphatic carbocycles. The number of nitrogens with one attached hydrogen (secondary N) is 1. The number of carbonyl (C=O) groups is 3. The number of rotatable bonds is 1. The lowest BCUT2D eigenvalue weighted by molar-refractivity contribution is -0.141. The molecule has 0 aromatic heterocycles. The monoisotopic (exact) mass is 378 g/mol. The van der Waals surface area contributed by atoms with Crippen LogP contribution in [0, 0.1) is 0 Å². The molecule has 0 atom stereocenters. The second-order valence-electron chi connectivity index (χ2n) is 4.15. The van der Waals surface area contributed by atoms with Crippen LogP contribution >= 0.6 is 15.9 Å². The van der Waals surface area contributed by atoms with Crippen LogP contribution in [0.15, 0.2) is 21.8 Å². The highest BCUT2D eigenvalue weighted by atomic mass is 79.9. The first-order chi connectivity index (χ1) is 10.1. The number of fused-ring (bicyclic) bond motifs is 1. The van der Waals surface area contributed by atoms with Crippen LogP contribution in [0.25, 0.3) is 0 Å². The number of hydrogen-bond acceptors (Lipinski definition) is 5. The molecule has 1 amide bonds. The normalized spacial score (nSPS) is 16.3. The standard InChI is InChI=1S/C12H6BrF3N2O4/c1-4(19)22-18-9-7-6(17-11(21)10(9)20)3-2-5(13)8(7)12(14,15)16/h2-3H,1H3,(H,17,21). The molecule has 1 aromatic rings. The van der Waals surface area contributed by atoms with Crippen molar-refractivity contribution in [3.63, 3.8) is 0 Å². The number of anilines is 1. The molecule has 1 aliphatic heterocycles. The van der Waals surface area contributed by atoms with Crippen molar-refractivity contribution < 1.29 is 32.4 Å². The summed E-state index contributed by atoms with van der Waals surface area (Å²) in [5.41, 5.74) is -3.01. The molecular weight excluding hydrogens is 373 g/mol. The summed E-state index contributed by atoms with van der Waals surface area (Å²) >= 11 is 2.75. The molecule has 0 radical (unpaired) electrons. The number of hydrogen-bond donors (Lipinski definition) is 1. The number of ketones is 1. The lowest BCUT2D eigenvalue weighted by Crippen LogP contribution is -2.38. The Morgan fingerprint density at radius 1 is 1.32 bits per heavy atom. The minimum absolute atomic E-state index is 0.258. The van der Waals surface area contributed by atoms with Gasteiger partial charge in [0.1, 0.15) is 0 Å². The van der Waals surface area contributed by atoms with Crippen LogP contribution in [-0.2, 0) is 25.4 Å². The molecule has 1 aromatic carbocycles. The van der Waals surface area contributed by atoms with Gasteiger partial charge in [0.05, 0.1) is 11.3 Å². The van der Waals surface area contributed by atoms with Crippen molar-refractivity contribution in [1.29, 1.82) is 0 Å². The van der Waals surface area contributed by atoms with Crippen LogP contribution in [0.2, 0.25) is 0 Å². The zero-order valence-electron chi connectivity index (χ0n) is 10.7. The van der Waals surface area contributed by atoms with Gasteiger partial charge in [-0.3, -0.25) is 9.59 Å². The lowest BCUT2D eigenvalue weighted by atomic mass is 9.94. The summed E-state index contributed by atoms with van der Waals surface area (Å²) in [6.45, 7) is 0.948. The van der Waals surface area contributed by atoms with Gasteiger partial charge < -0.3 is 10.2 Å². The predicted molar refractivity (Wildman–Crippen MR) is 71.1 cm³/mol. The van der Waals surface area contributed by atoms with Crippen molar-refractivity contribution in [3.8, 4) is 0 Å². The van der Waals surface area contributed by atoms with Gasteiger partial charge in [0.15, 0.2) is 5.71 Å². The van der Waals surface area contributed by atoms with Gasteiger partial charge in [-0.05, 0) is 12.1 Å². The van der Waals surface area contributed by atoms with Gasteiger partial charge in [0, 0.05) is 17.0 Å². The number of benzene rings is 1. The predicted octanol–water partition coefficient (Wildman–Crippen LogP) is 2.26. The van der Waals surface area contributed by atoms with Crippen molar-refractivity contribution in [2.75, 3.05) is 5.32 Å². The first-order valence-electron chi connectivity index (χ1n) is 5.64. The lowest BCUT2D eigenvalue weighted by Gasteiger charge is -2.22. The Kier molecular flexibility index (Phi) is 4.05. The first kappa shape index (κ1) is 16.1. The summed E-state index contributed by atoms with van der Waals surface area (Å²) < 4.78 is 39.3. The maximum atomic E-state index is 13.2. The second kappa shape index (κ2) is 5.52. The van der Waals surface area contributed by atoms with Gasteiger partial charge in [-0.2, -0.15) is 13.2 Å². The first-order valence-corrected chi connectivity index (χ1v) is 6.43. The number of carbonyl (C=O) groups excluding carboxylic acids is 3. The van der Waals surface area contributed by atoms with E-state index in [4.69, 9.17) is 0 Å². The molecule has 0 saturated carbocycles. The number of oxime groups is 1. The molecule has 116 valence electrons. The summed E-state index contributed by atoms with van der Waals surface area (Å²) in [5, 5.41) is 5.14. The Morgan fingerprint density at radius 3 is 2.50 bits per heavy atom. The number of halogens is 4. The fourth-order valence-corrected chi connectivity index (χ4v) is 2.36. The summed E-state index contributed by atoms with van der Waals surface area (Å²) in [6, 6.07) is 2.24. The molecule has 0 spiro atoms. The molecule has 0 saturated heterocycles. The maximum absolute atomic E-state index is 13.2. The van der Waals surface area contributed by atoms with Gasteiger partial charge in [0.25, 0.3) is 11.7 Å². The summed E-state index contributed by atoms with van der Waals surface area (Å²) in [6.07, 6.45) is -4.83. The minimum atomic E-state index is -4.83. The smallest absolute Gasteiger partial charge is 0.318 e. The second-order valence-corrected chi connectivity index (χ2v) is 5.00. The molecule has 22 heavy (non-hydrogen) atoms. The van der Waals surface area contributed by atoms with Crippen molar-refractivity contribution in [1.82, 2.24) is 0 Å². The van der Waals surface area contributed by atoms with Crippen molar-refractivity contribution in [2.45, 2.75) is 13.1 Å². The summed E-state index contributed by atoms with van der Waals surface area (Å²) in [5.74, 6) is -3.46. The van der Waals surface area contributed by atoms with Crippen LogP contribution in [0.3, 0.4) is 0 Å². The highest BCUT2D eigenvalue weighted by Gasteiger charge is 2.43. The van der Waals surface area contributed by atoms with Gasteiger partial charge in [-0.1, -0.05) is 21.1 Å². The molecule has 0 unspecified atom stereocenters. The van der Waals surface area contributed by atoms with E-state index in [2.05, 4.69) is 25.9 Å². The summed E-state index contributed by atoms with van der Waals surface area (Å²) in [7, 11) is 0. The Bertz CT molecular complexity index is 728. The van der Waals surface area contributed by atoms with Crippen LogP contribution in [0.5, 0.6) is 0 Å². The molecule has 1 N–H and O–H groups in total. The molecule has 0 bridgehead atoms. The number of Topliss-reactive ketones (excluding diaryl/α,β-unsaturated/α-hetero) is 1. The number of nitrogens with zero attached hydrogens (tertiary/aromatic N) is 1. The van der Waals surface area contributed by atoms with Crippen LogP contribution in [-0.4, -0.2) is 23.4 Å². The van der Waals surface area contributed by atoms with Gasteiger partial charge in [0.2, 0.25) is 0 Å². The van der Waals surface area contributed by atoms with Crippen molar-refractivity contribution in [2.24, 2.45) is 5.16 Å². The van der Waals surface area contributed by atoms with Crippen LogP contribution in [0.1, 0.15) is 18.1 Å². The Labute approximate surface area is 129 Å². The minimum Gasteiger partial charge on any atom is -0.318 e. The number of alkyl halides is 3. The molecule has 0 fully saturated rings. The molecule has 6 nitrogen and oxygen atoms in total. The molecule has 1 heterocycles. The van der Waals surface area contributed by atoms with E-state index in [1.54, 1.807) is 0 Å². The summed E-state index contributed by atoms with van der Waals surface area (Å²) in [4.78, 5) is 38.2. The third-order valence-corrected chi connectivity index (χ3v) is 3.27.